The summed E-state index contributed by atoms with van der Waals surface area (Å²) in [7, 11) is 0. The predicted molar refractivity (Wildman–Crippen MR) is 95.2 cm³/mol. The van der Waals surface area contributed by atoms with Gasteiger partial charge in [0.2, 0.25) is 11.8 Å². The van der Waals surface area contributed by atoms with Crippen molar-refractivity contribution in [1.82, 2.24) is 10.6 Å². The highest BCUT2D eigenvalue weighted by Gasteiger charge is 2.46. The molecule has 5 nitrogen and oxygen atoms in total. The molecule has 2 aromatic rings. The number of hydrogen-bond acceptors (Lipinski definition) is 3. The van der Waals surface area contributed by atoms with Crippen LogP contribution in [0.1, 0.15) is 30.0 Å². The van der Waals surface area contributed by atoms with Gasteiger partial charge in [0.1, 0.15) is 17.7 Å². The predicted octanol–water partition coefficient (Wildman–Crippen LogP) is 3.05. The number of phenols is 1. The lowest BCUT2D eigenvalue weighted by atomic mass is 9.91. The fraction of sp³-hybridized carbons (Fsp3) is 0.300. The molecule has 28 heavy (non-hydrogen) atoms. The molecule has 2 amide bonds. The zero-order valence-corrected chi connectivity index (χ0v) is 14.7. The molecule has 8 heteroatoms. The SMILES string of the molecule is O=C(NC(c1ccccc1)c1cccc(O)c1)C1CCC(C(F)(F)F)NC1=O. The molecular formula is C20H19F3N2O3. The number of rotatable bonds is 4. The molecule has 0 saturated carbocycles. The number of halogens is 3. The highest BCUT2D eigenvalue weighted by atomic mass is 19.4. The molecule has 0 spiro atoms. The van der Waals surface area contributed by atoms with Crippen LogP contribution >= 0.6 is 0 Å². The number of carbonyl (C=O) groups excluding carboxylic acids is 2. The smallest absolute Gasteiger partial charge is 0.408 e. The minimum atomic E-state index is -4.54. The van der Waals surface area contributed by atoms with Crippen LogP contribution in [0.15, 0.2) is 54.6 Å². The van der Waals surface area contributed by atoms with E-state index >= 15 is 0 Å². The lowest BCUT2D eigenvalue weighted by Gasteiger charge is -2.31. The van der Waals surface area contributed by atoms with Gasteiger partial charge in [-0.25, -0.2) is 0 Å². The molecule has 1 aliphatic heterocycles. The number of piperidine rings is 1. The number of benzene rings is 2. The van der Waals surface area contributed by atoms with Gasteiger partial charge in [0.25, 0.3) is 0 Å². The quantitative estimate of drug-likeness (QED) is 0.700. The molecule has 1 fully saturated rings. The Morgan fingerprint density at radius 1 is 1.07 bits per heavy atom. The minimum Gasteiger partial charge on any atom is -0.508 e. The van der Waals surface area contributed by atoms with Gasteiger partial charge in [0, 0.05) is 0 Å². The van der Waals surface area contributed by atoms with Crippen LogP contribution < -0.4 is 10.6 Å². The lowest BCUT2D eigenvalue weighted by molar-refractivity contribution is -0.171. The maximum absolute atomic E-state index is 12.8. The van der Waals surface area contributed by atoms with E-state index < -0.39 is 36.0 Å². The largest absolute Gasteiger partial charge is 0.508 e. The number of hydrogen-bond donors (Lipinski definition) is 3. The van der Waals surface area contributed by atoms with Gasteiger partial charge in [0.05, 0.1) is 6.04 Å². The number of phenolic OH excluding ortho intramolecular Hbond substituents is 1. The molecular weight excluding hydrogens is 373 g/mol. The Labute approximate surface area is 159 Å². The van der Waals surface area contributed by atoms with Gasteiger partial charge >= 0.3 is 6.18 Å². The van der Waals surface area contributed by atoms with Gasteiger partial charge in [-0.05, 0) is 36.1 Å². The third kappa shape index (κ3) is 4.44. The summed E-state index contributed by atoms with van der Waals surface area (Å²) >= 11 is 0. The van der Waals surface area contributed by atoms with Gasteiger partial charge in [-0.1, -0.05) is 42.5 Å². The minimum absolute atomic E-state index is 0.0103. The third-order valence-corrected chi connectivity index (χ3v) is 4.71. The summed E-state index contributed by atoms with van der Waals surface area (Å²) in [6.45, 7) is 0. The summed E-state index contributed by atoms with van der Waals surface area (Å²) in [5, 5.41) is 14.4. The number of amides is 2. The molecule has 3 N–H and O–H groups in total. The highest BCUT2D eigenvalue weighted by Crippen LogP contribution is 2.30. The van der Waals surface area contributed by atoms with Crippen LogP contribution in [0.2, 0.25) is 0 Å². The van der Waals surface area contributed by atoms with Crippen LogP contribution in [0, 0.1) is 5.92 Å². The van der Waals surface area contributed by atoms with E-state index in [1.54, 1.807) is 42.5 Å². The number of nitrogens with one attached hydrogen (secondary N) is 2. The van der Waals surface area contributed by atoms with Crippen molar-refractivity contribution in [2.75, 3.05) is 0 Å². The van der Waals surface area contributed by atoms with E-state index in [1.807, 2.05) is 5.32 Å². The summed E-state index contributed by atoms with van der Waals surface area (Å²) in [4.78, 5) is 24.8. The number of aromatic hydroxyl groups is 1. The molecule has 0 bridgehead atoms. The van der Waals surface area contributed by atoms with E-state index in [1.165, 1.54) is 12.1 Å². The van der Waals surface area contributed by atoms with Crippen LogP contribution in [0.4, 0.5) is 13.2 Å². The average Bonchev–Trinajstić information content (AvgIpc) is 2.65. The second kappa shape index (κ2) is 7.92. The van der Waals surface area contributed by atoms with E-state index in [-0.39, 0.29) is 18.6 Å². The van der Waals surface area contributed by atoms with Gasteiger partial charge in [0.15, 0.2) is 0 Å². The van der Waals surface area contributed by atoms with Crippen molar-refractivity contribution >= 4 is 11.8 Å². The van der Waals surface area contributed by atoms with E-state index in [0.717, 1.165) is 0 Å². The number of alkyl halides is 3. The highest BCUT2D eigenvalue weighted by molar-refractivity contribution is 6.01. The summed E-state index contributed by atoms with van der Waals surface area (Å²) in [5.74, 6) is -2.79. The van der Waals surface area contributed by atoms with Crippen LogP contribution in [0.5, 0.6) is 5.75 Å². The first-order valence-corrected chi connectivity index (χ1v) is 8.77. The van der Waals surface area contributed by atoms with Crippen molar-refractivity contribution < 1.29 is 27.9 Å². The van der Waals surface area contributed by atoms with Crippen molar-refractivity contribution in [2.24, 2.45) is 5.92 Å². The molecule has 1 heterocycles. The topological polar surface area (TPSA) is 78.4 Å². The third-order valence-electron chi connectivity index (χ3n) is 4.71. The fourth-order valence-electron chi connectivity index (χ4n) is 3.26. The zero-order chi connectivity index (χ0) is 20.3. The van der Waals surface area contributed by atoms with Gasteiger partial charge in [-0.15, -0.1) is 0 Å². The molecule has 1 saturated heterocycles. The lowest BCUT2D eigenvalue weighted by Crippen LogP contribution is -2.54. The van der Waals surface area contributed by atoms with Crippen molar-refractivity contribution in [3.8, 4) is 5.75 Å². The molecule has 3 atom stereocenters. The average molecular weight is 392 g/mol. The van der Waals surface area contributed by atoms with Crippen molar-refractivity contribution in [3.05, 3.63) is 65.7 Å². The molecule has 3 rings (SSSR count). The first-order valence-electron chi connectivity index (χ1n) is 8.77. The van der Waals surface area contributed by atoms with Crippen LogP contribution in [-0.2, 0) is 9.59 Å². The Morgan fingerprint density at radius 3 is 2.36 bits per heavy atom. The van der Waals surface area contributed by atoms with Gasteiger partial charge in [-0.3, -0.25) is 9.59 Å². The number of carbonyl (C=O) groups is 2. The monoisotopic (exact) mass is 392 g/mol. The van der Waals surface area contributed by atoms with Gasteiger partial charge in [-0.2, -0.15) is 13.2 Å². The second-order valence-corrected chi connectivity index (χ2v) is 6.68. The standard InChI is InChI=1S/C20H19F3N2O3/c21-20(22,23)16-10-9-15(18(27)24-16)19(28)25-17(12-5-2-1-3-6-12)13-7-4-8-14(26)11-13/h1-8,11,15-17,26H,9-10H2,(H,24,27)(H,25,28). The summed E-state index contributed by atoms with van der Waals surface area (Å²) in [6.07, 6.45) is -5.08. The Kier molecular flexibility index (Phi) is 5.58. The fourth-order valence-corrected chi connectivity index (χ4v) is 3.26. The Hall–Kier alpha value is -3.03. The Bertz CT molecular complexity index is 855. The molecule has 1 aliphatic rings. The molecule has 3 unspecified atom stereocenters. The molecule has 0 radical (unpaired) electrons. The summed E-state index contributed by atoms with van der Waals surface area (Å²) in [6, 6.07) is 12.6. The summed E-state index contributed by atoms with van der Waals surface area (Å²) in [5.41, 5.74) is 1.30. The first kappa shape index (κ1) is 19.7. The van der Waals surface area contributed by atoms with Crippen molar-refractivity contribution in [1.29, 1.82) is 0 Å². The molecule has 148 valence electrons. The molecule has 0 aromatic heterocycles. The molecule has 0 aliphatic carbocycles. The normalized spacial score (nSPS) is 20.9. The van der Waals surface area contributed by atoms with Gasteiger partial charge < -0.3 is 15.7 Å². The van der Waals surface area contributed by atoms with Crippen LogP contribution in [0.3, 0.4) is 0 Å². The van der Waals surface area contributed by atoms with E-state index in [9.17, 15) is 27.9 Å². The van der Waals surface area contributed by atoms with Crippen LogP contribution in [-0.4, -0.2) is 29.1 Å². The Morgan fingerprint density at radius 2 is 1.75 bits per heavy atom. The van der Waals surface area contributed by atoms with Crippen LogP contribution in [0.25, 0.3) is 0 Å². The Balaban J connectivity index is 1.80. The van der Waals surface area contributed by atoms with E-state index in [2.05, 4.69) is 5.32 Å². The molecule has 2 aromatic carbocycles. The van der Waals surface area contributed by atoms with E-state index in [0.29, 0.717) is 11.1 Å². The summed E-state index contributed by atoms with van der Waals surface area (Å²) < 4.78 is 38.4. The second-order valence-electron chi connectivity index (χ2n) is 6.68. The van der Waals surface area contributed by atoms with Crippen molar-refractivity contribution in [2.45, 2.75) is 31.1 Å². The maximum Gasteiger partial charge on any atom is 0.408 e. The first-order chi connectivity index (χ1) is 13.3. The zero-order valence-electron chi connectivity index (χ0n) is 14.7. The maximum atomic E-state index is 12.8. The van der Waals surface area contributed by atoms with E-state index in [4.69, 9.17) is 0 Å². The van der Waals surface area contributed by atoms with Crippen molar-refractivity contribution in [3.63, 3.8) is 0 Å².